The van der Waals surface area contributed by atoms with E-state index >= 15 is 4.39 Å². The molecule has 1 fully saturated rings. The van der Waals surface area contributed by atoms with Crippen molar-refractivity contribution in [3.05, 3.63) is 60.8 Å². The summed E-state index contributed by atoms with van der Waals surface area (Å²) >= 11 is 0. The van der Waals surface area contributed by atoms with Crippen molar-refractivity contribution in [3.63, 3.8) is 0 Å². The van der Waals surface area contributed by atoms with Gasteiger partial charge in [-0.2, -0.15) is 0 Å². The number of nitrogens with zero attached hydrogens (tertiary/aromatic N) is 7. The summed E-state index contributed by atoms with van der Waals surface area (Å²) in [6.07, 6.45) is 3.31. The van der Waals surface area contributed by atoms with Crippen LogP contribution < -0.4 is 15.4 Å². The quantitative estimate of drug-likeness (QED) is 0.243. The predicted octanol–water partition coefficient (Wildman–Crippen LogP) is 5.91. The topological polar surface area (TPSA) is 132 Å². The molecule has 2 aromatic carbocycles. The molecule has 12 nitrogen and oxygen atoms in total. The summed E-state index contributed by atoms with van der Waals surface area (Å²) in [5, 5.41) is 6.40. The lowest BCUT2D eigenvalue weighted by atomic mass is 10.0. The maximum Gasteiger partial charge on any atom is 0.410 e. The number of amides is 1. The molecule has 2 N–H and O–H groups in total. The highest BCUT2D eigenvalue weighted by atomic mass is 19.1. The Morgan fingerprint density at radius 1 is 1.07 bits per heavy atom. The molecule has 2 atom stereocenters. The van der Waals surface area contributed by atoms with Crippen molar-refractivity contribution in [2.24, 2.45) is 7.05 Å². The molecule has 6 rings (SSSR count). The van der Waals surface area contributed by atoms with E-state index in [9.17, 15) is 4.79 Å². The van der Waals surface area contributed by atoms with Gasteiger partial charge in [0.1, 0.15) is 40.6 Å². The number of halogens is 1. The number of benzene rings is 2. The molecule has 0 unspecified atom stereocenters. The molecule has 1 aliphatic rings. The Hall–Kier alpha value is -5.07. The molecule has 44 heavy (non-hydrogen) atoms. The molecule has 228 valence electrons. The third kappa shape index (κ3) is 6.31. The van der Waals surface area contributed by atoms with Crippen molar-refractivity contribution in [2.45, 2.75) is 51.9 Å². The van der Waals surface area contributed by atoms with Crippen LogP contribution in [0.3, 0.4) is 0 Å². The summed E-state index contributed by atoms with van der Waals surface area (Å²) in [6.45, 7) is 7.59. The number of hydrogen-bond donors (Lipinski definition) is 2. The monoisotopic (exact) mass is 599 g/mol. The van der Waals surface area contributed by atoms with E-state index in [4.69, 9.17) is 9.47 Å². The lowest BCUT2D eigenvalue weighted by molar-refractivity contribution is 0.0125. The minimum Gasteiger partial charge on any atom is -0.457 e. The number of aromatic nitrogens is 6. The maximum atomic E-state index is 15.1. The first-order chi connectivity index (χ1) is 21.0. The van der Waals surface area contributed by atoms with Crippen LogP contribution >= 0.6 is 0 Å². The second-order valence-electron chi connectivity index (χ2n) is 11.8. The van der Waals surface area contributed by atoms with E-state index in [-0.39, 0.29) is 12.5 Å². The number of carbonyl (C=O) groups is 1. The van der Waals surface area contributed by atoms with Crippen LogP contribution in [0.25, 0.3) is 22.1 Å². The number of rotatable bonds is 6. The molecule has 13 heteroatoms. The first kappa shape index (κ1) is 29.0. The molecule has 5 aromatic rings. The molecular formula is C31H34FN9O3. The second-order valence-corrected chi connectivity index (χ2v) is 11.8. The van der Waals surface area contributed by atoms with E-state index in [0.717, 1.165) is 22.3 Å². The first-order valence-corrected chi connectivity index (χ1v) is 14.4. The summed E-state index contributed by atoms with van der Waals surface area (Å²) in [4.78, 5) is 35.8. The van der Waals surface area contributed by atoms with E-state index in [1.807, 2.05) is 54.9 Å². The molecule has 4 heterocycles. The molecule has 0 aliphatic carbocycles. The summed E-state index contributed by atoms with van der Waals surface area (Å²) in [5.74, 6) is 2.14. The summed E-state index contributed by atoms with van der Waals surface area (Å²) in [7, 11) is 1.95. The number of nitrogens with one attached hydrogen (secondary N) is 2. The lowest BCUT2D eigenvalue weighted by Crippen LogP contribution is -2.51. The minimum atomic E-state index is -1.32. The van der Waals surface area contributed by atoms with Gasteiger partial charge in [0.2, 0.25) is 5.95 Å². The van der Waals surface area contributed by atoms with Crippen LogP contribution in [0.15, 0.2) is 55.2 Å². The summed E-state index contributed by atoms with van der Waals surface area (Å²) in [6, 6.07) is 11.0. The molecule has 0 bridgehead atoms. The Kier molecular flexibility index (Phi) is 7.62. The van der Waals surface area contributed by atoms with E-state index < -0.39 is 23.9 Å². The van der Waals surface area contributed by atoms with Gasteiger partial charge in [0.05, 0.1) is 36.1 Å². The van der Waals surface area contributed by atoms with Gasteiger partial charge >= 0.3 is 6.09 Å². The number of likely N-dealkylation sites (tertiary alicyclic amines) is 1. The van der Waals surface area contributed by atoms with Gasteiger partial charge in [0, 0.05) is 25.3 Å². The third-order valence-corrected chi connectivity index (χ3v) is 7.25. The zero-order chi connectivity index (χ0) is 31.0. The zero-order valence-corrected chi connectivity index (χ0v) is 25.2. The number of anilines is 3. The van der Waals surface area contributed by atoms with Crippen LogP contribution in [-0.4, -0.2) is 71.4 Å². The Labute approximate surface area is 253 Å². The van der Waals surface area contributed by atoms with Crippen LogP contribution in [0.2, 0.25) is 0 Å². The highest BCUT2D eigenvalue weighted by molar-refractivity contribution is 5.87. The fourth-order valence-corrected chi connectivity index (χ4v) is 5.03. The summed E-state index contributed by atoms with van der Waals surface area (Å²) < 4.78 is 28.6. The SMILES string of the molecule is Cc1cc(Nc2ncnc3cnc(N[C@@H]4CCN(C(=O)OC(C)(C)C)C[C@@H]4F)nc23)ccc1Oc1ccc2c(c1)ncn2C. The third-order valence-electron chi connectivity index (χ3n) is 7.25. The lowest BCUT2D eigenvalue weighted by Gasteiger charge is -2.35. The van der Waals surface area contributed by atoms with Gasteiger partial charge < -0.3 is 29.6 Å². The van der Waals surface area contributed by atoms with E-state index in [2.05, 4.69) is 35.6 Å². The highest BCUT2D eigenvalue weighted by Gasteiger charge is 2.34. The molecule has 1 aliphatic heterocycles. The smallest absolute Gasteiger partial charge is 0.410 e. The van der Waals surface area contributed by atoms with Gasteiger partial charge in [-0.15, -0.1) is 0 Å². The highest BCUT2D eigenvalue weighted by Crippen LogP contribution is 2.31. The number of carbonyl (C=O) groups excluding carboxylic acids is 1. The average Bonchev–Trinajstić information content (AvgIpc) is 3.34. The fourth-order valence-electron chi connectivity index (χ4n) is 5.03. The molecule has 0 spiro atoms. The molecule has 3 aromatic heterocycles. The molecule has 0 radical (unpaired) electrons. The van der Waals surface area contributed by atoms with Crippen molar-refractivity contribution < 1.29 is 18.7 Å². The van der Waals surface area contributed by atoms with Gasteiger partial charge in [0.25, 0.3) is 0 Å². The van der Waals surface area contributed by atoms with Gasteiger partial charge in [-0.1, -0.05) is 0 Å². The standard InChI is InChI=1S/C31H34FN9O3/c1-18-12-19(6-9-26(18)43-20-7-8-25-23(13-20)36-17-40(25)5)37-28-27-24(34-16-35-28)14-33-29(39-27)38-22-10-11-41(15-21(22)32)30(42)44-31(2,3)4/h6-9,12-14,16-17,21-22H,10-11,15H2,1-5H3,(H,33,38,39)(H,34,35,37)/t21-,22+/m0/s1. The number of ether oxygens (including phenoxy) is 2. The fraction of sp³-hybridized carbons (Fsp3) is 0.355. The first-order valence-electron chi connectivity index (χ1n) is 14.4. The average molecular weight is 600 g/mol. The van der Waals surface area contributed by atoms with Crippen molar-refractivity contribution >= 4 is 45.6 Å². The van der Waals surface area contributed by atoms with Crippen molar-refractivity contribution in [1.82, 2.24) is 34.4 Å². The minimum absolute atomic E-state index is 0.0765. The van der Waals surface area contributed by atoms with Crippen molar-refractivity contribution in [1.29, 1.82) is 0 Å². The molecule has 0 saturated carbocycles. The number of alkyl halides is 1. The van der Waals surface area contributed by atoms with Crippen LogP contribution in [0.4, 0.5) is 26.6 Å². The number of aryl methyl sites for hydroxylation is 2. The second kappa shape index (κ2) is 11.5. The zero-order valence-electron chi connectivity index (χ0n) is 25.2. The van der Waals surface area contributed by atoms with Crippen molar-refractivity contribution in [2.75, 3.05) is 23.7 Å². The van der Waals surface area contributed by atoms with Crippen LogP contribution in [-0.2, 0) is 11.8 Å². The number of fused-ring (bicyclic) bond motifs is 2. The Morgan fingerprint density at radius 3 is 2.68 bits per heavy atom. The largest absolute Gasteiger partial charge is 0.457 e. The summed E-state index contributed by atoms with van der Waals surface area (Å²) in [5.41, 5.74) is 3.95. The normalized spacial score (nSPS) is 17.1. The Bertz CT molecular complexity index is 1840. The van der Waals surface area contributed by atoms with Gasteiger partial charge in [0.15, 0.2) is 5.82 Å². The number of piperidine rings is 1. The molecule has 1 amide bonds. The van der Waals surface area contributed by atoms with E-state index in [1.54, 1.807) is 33.3 Å². The Morgan fingerprint density at radius 2 is 1.91 bits per heavy atom. The van der Waals surface area contributed by atoms with Crippen LogP contribution in [0.5, 0.6) is 11.5 Å². The number of hydrogen-bond acceptors (Lipinski definition) is 10. The van der Waals surface area contributed by atoms with Crippen LogP contribution in [0.1, 0.15) is 32.8 Å². The van der Waals surface area contributed by atoms with Crippen LogP contribution in [0, 0.1) is 6.92 Å². The van der Waals surface area contributed by atoms with Gasteiger partial charge in [-0.3, -0.25) is 0 Å². The van der Waals surface area contributed by atoms with Gasteiger partial charge in [-0.05, 0) is 70.0 Å². The van der Waals surface area contributed by atoms with E-state index in [1.165, 1.54) is 11.2 Å². The van der Waals surface area contributed by atoms with E-state index in [0.29, 0.717) is 41.3 Å². The van der Waals surface area contributed by atoms with Crippen molar-refractivity contribution in [3.8, 4) is 11.5 Å². The maximum absolute atomic E-state index is 15.1. The Balaban J connectivity index is 1.14. The predicted molar refractivity (Wildman–Crippen MR) is 165 cm³/mol. The molecular weight excluding hydrogens is 565 g/mol. The molecule has 1 saturated heterocycles. The number of imidazole rings is 1. The van der Waals surface area contributed by atoms with Gasteiger partial charge in [-0.25, -0.2) is 34.1 Å².